The molecule has 6 rings (SSSR count). The minimum absolute atomic E-state index is 0. The predicted octanol–water partition coefficient (Wildman–Crippen LogP) is 12.9. The maximum atomic E-state index is 6.50. The molecule has 0 heterocycles. The van der Waals surface area contributed by atoms with E-state index in [0.29, 0.717) is 11.3 Å². The average molecular weight is 739 g/mol. The van der Waals surface area contributed by atoms with E-state index in [0.717, 1.165) is 61.5 Å². The van der Waals surface area contributed by atoms with Crippen LogP contribution < -0.4 is 18.1 Å². The average Bonchev–Trinajstić information content (AvgIpc) is 3.79. The SMILES string of the molecule is Cc1cccc(C)c1OP(Oc1c(C)cccc1C)C1C[CH-]CC1.Cc1cccc(C)c1OP(Oc1c(C)cccc1C)C1C[CH-]CC1.[Fe+2]. The molecular formula is C42H52FeO4P2. The molecule has 0 spiro atoms. The van der Waals surface area contributed by atoms with Crippen LogP contribution in [0.1, 0.15) is 83.0 Å². The number of hydrogen-bond donors (Lipinski definition) is 0. The summed E-state index contributed by atoms with van der Waals surface area (Å²) in [5, 5.41) is 0. The molecule has 0 aliphatic heterocycles. The number of rotatable bonds is 10. The van der Waals surface area contributed by atoms with Crippen molar-refractivity contribution in [3.05, 3.63) is 130 Å². The number of hydrogen-bond acceptors (Lipinski definition) is 4. The third-order valence-corrected chi connectivity index (χ3v) is 12.8. The second kappa shape index (κ2) is 18.6. The van der Waals surface area contributed by atoms with E-state index in [2.05, 4.69) is 141 Å². The molecule has 0 N–H and O–H groups in total. The van der Waals surface area contributed by atoms with Gasteiger partial charge in [-0.2, -0.15) is 25.7 Å². The van der Waals surface area contributed by atoms with Crippen LogP contribution in [0.4, 0.5) is 0 Å². The summed E-state index contributed by atoms with van der Waals surface area (Å²) in [5.74, 6) is 3.95. The number of para-hydroxylation sites is 4. The van der Waals surface area contributed by atoms with Crippen LogP contribution in [0.5, 0.6) is 23.0 Å². The van der Waals surface area contributed by atoms with Crippen molar-refractivity contribution in [2.45, 2.75) is 105 Å². The Morgan fingerprint density at radius 3 is 0.837 bits per heavy atom. The molecule has 2 fully saturated rings. The van der Waals surface area contributed by atoms with E-state index in [-0.39, 0.29) is 17.1 Å². The minimum atomic E-state index is -1.01. The van der Waals surface area contributed by atoms with Gasteiger partial charge in [0.2, 0.25) is 0 Å². The molecule has 2 atom stereocenters. The molecule has 4 aromatic carbocycles. The van der Waals surface area contributed by atoms with Crippen molar-refractivity contribution in [1.29, 1.82) is 0 Å². The quantitative estimate of drug-likeness (QED) is 0.0922. The Hall–Kier alpha value is -2.54. The molecule has 0 bridgehead atoms. The van der Waals surface area contributed by atoms with Crippen molar-refractivity contribution in [3.63, 3.8) is 0 Å². The van der Waals surface area contributed by atoms with Crippen LogP contribution in [0.3, 0.4) is 0 Å². The summed E-state index contributed by atoms with van der Waals surface area (Å²) in [6.45, 7) is 16.9. The van der Waals surface area contributed by atoms with E-state index >= 15 is 0 Å². The number of aryl methyl sites for hydroxylation is 8. The Morgan fingerprint density at radius 1 is 0.429 bits per heavy atom. The molecule has 2 saturated carbocycles. The molecule has 4 nitrogen and oxygen atoms in total. The Bertz CT molecular complexity index is 1350. The molecule has 0 aromatic heterocycles. The zero-order valence-corrected chi connectivity index (χ0v) is 33.3. The van der Waals surface area contributed by atoms with Gasteiger partial charge in [-0.05, 0) is 99.9 Å². The van der Waals surface area contributed by atoms with Crippen molar-refractivity contribution in [2.75, 3.05) is 0 Å². The molecule has 49 heavy (non-hydrogen) atoms. The van der Waals surface area contributed by atoms with Crippen LogP contribution >= 0.6 is 16.8 Å². The van der Waals surface area contributed by atoms with Crippen molar-refractivity contribution >= 4 is 16.8 Å². The fourth-order valence-corrected chi connectivity index (χ4v) is 10.2. The molecule has 0 radical (unpaired) electrons. The van der Waals surface area contributed by atoms with Gasteiger partial charge in [0.05, 0.1) is 0 Å². The van der Waals surface area contributed by atoms with Gasteiger partial charge in [-0.1, -0.05) is 85.6 Å². The second-order valence-corrected chi connectivity index (χ2v) is 16.7. The minimum Gasteiger partial charge on any atom is -0.438 e. The first-order valence-corrected chi connectivity index (χ1v) is 19.8. The summed E-state index contributed by atoms with van der Waals surface area (Å²) < 4.78 is 26.0. The Labute approximate surface area is 309 Å². The van der Waals surface area contributed by atoms with Crippen LogP contribution in [0.15, 0.2) is 72.8 Å². The third kappa shape index (κ3) is 10.3. The summed E-state index contributed by atoms with van der Waals surface area (Å²) in [6, 6.07) is 25.2. The summed E-state index contributed by atoms with van der Waals surface area (Å²) in [6.07, 6.45) is 11.5. The van der Waals surface area contributed by atoms with Gasteiger partial charge in [0.15, 0.2) is 0 Å². The molecule has 262 valence electrons. The van der Waals surface area contributed by atoms with Crippen molar-refractivity contribution in [2.24, 2.45) is 0 Å². The van der Waals surface area contributed by atoms with Crippen LogP contribution in [-0.2, 0) is 17.1 Å². The van der Waals surface area contributed by atoms with Gasteiger partial charge in [-0.15, -0.1) is 0 Å². The monoisotopic (exact) mass is 738 g/mol. The molecule has 2 aliphatic rings. The fourth-order valence-electron chi connectivity index (χ4n) is 6.33. The van der Waals surface area contributed by atoms with Gasteiger partial charge >= 0.3 is 17.1 Å². The zero-order valence-electron chi connectivity index (χ0n) is 30.4. The largest absolute Gasteiger partial charge is 2.00 e. The second-order valence-electron chi connectivity index (χ2n) is 13.3. The first-order valence-electron chi connectivity index (χ1n) is 17.3. The Morgan fingerprint density at radius 2 is 0.653 bits per heavy atom. The van der Waals surface area contributed by atoms with E-state index in [1.807, 2.05) is 0 Å². The molecule has 0 amide bonds. The molecule has 2 unspecified atom stereocenters. The summed E-state index contributed by atoms with van der Waals surface area (Å²) in [4.78, 5) is 0. The van der Waals surface area contributed by atoms with Gasteiger partial charge in [0.25, 0.3) is 16.8 Å². The summed E-state index contributed by atoms with van der Waals surface area (Å²) in [5.41, 5.74) is 10.3. The van der Waals surface area contributed by atoms with E-state index in [4.69, 9.17) is 18.1 Å². The van der Waals surface area contributed by atoms with E-state index < -0.39 is 16.8 Å². The van der Waals surface area contributed by atoms with E-state index in [1.165, 1.54) is 44.5 Å². The number of benzene rings is 4. The first-order chi connectivity index (χ1) is 23.1. The molecule has 4 aromatic rings. The first kappa shape index (κ1) is 39.2. The predicted molar refractivity (Wildman–Crippen MR) is 204 cm³/mol. The topological polar surface area (TPSA) is 36.9 Å². The fraction of sp³-hybridized carbons (Fsp3) is 0.381. The maximum absolute atomic E-state index is 6.50. The summed E-state index contributed by atoms with van der Waals surface area (Å²) in [7, 11) is -2.02. The maximum Gasteiger partial charge on any atom is 2.00 e. The Kier molecular flexibility index (Phi) is 14.9. The van der Waals surface area contributed by atoms with Gasteiger partial charge in [-0.3, -0.25) is 0 Å². The Balaban J connectivity index is 0.000000216. The van der Waals surface area contributed by atoms with Crippen LogP contribution in [0, 0.1) is 68.2 Å². The summed E-state index contributed by atoms with van der Waals surface area (Å²) >= 11 is 0. The van der Waals surface area contributed by atoms with Crippen LogP contribution in [0.25, 0.3) is 0 Å². The smallest absolute Gasteiger partial charge is 0.438 e. The van der Waals surface area contributed by atoms with Crippen molar-refractivity contribution in [1.82, 2.24) is 0 Å². The standard InChI is InChI=1S/2C21H26O2P.Fe/c2*1-15-9-7-10-16(2)20(15)22-24(19-13-5-6-14-19)23-21-17(3)11-8-12-18(21)4;/h2*5,7-12,19H,6,13-14H2,1-4H3;/q2*-1;+2. The van der Waals surface area contributed by atoms with Gasteiger partial charge in [-0.25, -0.2) is 0 Å². The normalized spacial score (nSPS) is 16.9. The molecule has 0 saturated heterocycles. The van der Waals surface area contributed by atoms with E-state index in [1.54, 1.807) is 0 Å². The van der Waals surface area contributed by atoms with Crippen molar-refractivity contribution < 1.29 is 35.2 Å². The van der Waals surface area contributed by atoms with Gasteiger partial charge in [0.1, 0.15) is 23.0 Å². The molecular weight excluding hydrogens is 686 g/mol. The van der Waals surface area contributed by atoms with Crippen LogP contribution in [0.2, 0.25) is 0 Å². The van der Waals surface area contributed by atoms with Crippen LogP contribution in [-0.4, -0.2) is 11.3 Å². The van der Waals surface area contributed by atoms with Gasteiger partial charge < -0.3 is 30.9 Å². The van der Waals surface area contributed by atoms with E-state index in [9.17, 15) is 0 Å². The molecule has 2 aliphatic carbocycles. The zero-order chi connectivity index (χ0) is 34.2. The third-order valence-electron chi connectivity index (χ3n) is 9.24. The van der Waals surface area contributed by atoms with Gasteiger partial charge in [0, 0.05) is 11.3 Å². The van der Waals surface area contributed by atoms with Crippen molar-refractivity contribution in [3.8, 4) is 23.0 Å². The molecule has 7 heteroatoms.